The Balaban J connectivity index is 4.19. The summed E-state index contributed by atoms with van der Waals surface area (Å²) in [6, 6.07) is 0. The Hall–Kier alpha value is 0.0200. The molecule has 0 aromatic heterocycles. The van der Waals surface area contributed by atoms with E-state index in [1.807, 2.05) is 13.8 Å². The van der Waals surface area contributed by atoms with Gasteiger partial charge in [0, 0.05) is 12.8 Å². The van der Waals surface area contributed by atoms with Gasteiger partial charge in [-0.3, -0.25) is 5.73 Å². The Bertz CT molecular complexity index is 122. The summed E-state index contributed by atoms with van der Waals surface area (Å²) < 4.78 is 10.5. The lowest BCUT2D eigenvalue weighted by atomic mass is 10.1. The van der Waals surface area contributed by atoms with Crippen molar-refractivity contribution in [3.05, 3.63) is 0 Å². The van der Waals surface area contributed by atoms with Crippen LogP contribution in [0.3, 0.4) is 0 Å². The molecule has 2 atom stereocenters. The van der Waals surface area contributed by atoms with E-state index in [-0.39, 0.29) is 5.92 Å². The lowest BCUT2D eigenvalue weighted by molar-refractivity contribution is 0.397. The molecule has 0 amide bonds. The fourth-order valence-corrected chi connectivity index (χ4v) is 0.663. The van der Waals surface area contributed by atoms with Crippen LogP contribution in [0.4, 0.5) is 0 Å². The summed E-state index contributed by atoms with van der Waals surface area (Å²) in [6.45, 7) is 5.23. The molecule has 0 aliphatic rings. The Kier molecular flexibility index (Phi) is 2.74. The van der Waals surface area contributed by atoms with Gasteiger partial charge in [-0.2, -0.15) is 4.89 Å². The zero-order valence-electron chi connectivity index (χ0n) is 5.96. The highest BCUT2D eigenvalue weighted by Crippen LogP contribution is 2.35. The average molecular weight is 150 g/mol. The second-order valence-electron chi connectivity index (χ2n) is 2.65. The maximum Gasteiger partial charge on any atom is 0.527 e. The van der Waals surface area contributed by atoms with Crippen molar-refractivity contribution in [2.24, 2.45) is 11.7 Å². The largest absolute Gasteiger partial charge is 0.527 e. The molecule has 2 unspecified atom stereocenters. The van der Waals surface area contributed by atoms with Gasteiger partial charge in [0.25, 0.3) is 0 Å². The number of nitrogens with two attached hydrogens (primary N) is 1. The first-order chi connectivity index (χ1) is 3.89. The molecule has 0 heterocycles. The first-order valence-corrected chi connectivity index (χ1v) is 4.05. The van der Waals surface area contributed by atoms with Gasteiger partial charge >= 0.3 is 8.03 Å². The molecule has 0 saturated heterocycles. The van der Waals surface area contributed by atoms with Crippen LogP contribution >= 0.6 is 8.03 Å². The molecular weight excluding hydrogens is 137 g/mol. The molecule has 0 aliphatic carbocycles. The van der Waals surface area contributed by atoms with E-state index >= 15 is 0 Å². The molecule has 0 aliphatic heterocycles. The van der Waals surface area contributed by atoms with Crippen LogP contribution in [0, 0.1) is 5.92 Å². The molecule has 0 saturated carbocycles. The first-order valence-electron chi connectivity index (χ1n) is 2.84. The molecule has 9 heavy (non-hydrogen) atoms. The summed E-state index contributed by atoms with van der Waals surface area (Å²) in [5, 5.41) is -0.935. The van der Waals surface area contributed by atoms with Gasteiger partial charge in [0.05, 0.1) is 0 Å². The fraction of sp³-hybridized carbons (Fsp3) is 1.00. The van der Waals surface area contributed by atoms with Crippen molar-refractivity contribution in [2.45, 2.75) is 26.1 Å². The predicted octanol–water partition coefficient (Wildman–Crippen LogP) is 1.05. The number of rotatable bonds is 2. The van der Waals surface area contributed by atoms with Crippen LogP contribution in [-0.2, 0) is 4.57 Å². The monoisotopic (exact) mass is 150 g/mol. The average Bonchev–Trinajstić information content (AvgIpc) is 1.65. The molecule has 0 aromatic carbocycles. The van der Waals surface area contributed by atoms with Crippen molar-refractivity contribution in [2.75, 3.05) is 0 Å². The smallest absolute Gasteiger partial charge is 0.282 e. The van der Waals surface area contributed by atoms with Gasteiger partial charge < -0.3 is 0 Å². The van der Waals surface area contributed by atoms with Crippen molar-refractivity contribution in [1.29, 1.82) is 0 Å². The molecule has 3 N–H and O–H groups in total. The number of hydrogen-bond donors (Lipinski definition) is 2. The van der Waals surface area contributed by atoms with Gasteiger partial charge in [-0.1, -0.05) is 13.8 Å². The van der Waals surface area contributed by atoms with Crippen LogP contribution < -0.4 is 5.73 Å². The fourth-order valence-electron chi connectivity index (χ4n) is 0.221. The normalized spacial score (nSPS) is 19.6. The maximum atomic E-state index is 10.5. The third kappa shape index (κ3) is 2.01. The van der Waals surface area contributed by atoms with Gasteiger partial charge in [-0.05, 0) is 4.57 Å². The summed E-state index contributed by atoms with van der Waals surface area (Å²) in [4.78, 5) is 8.63. The molecule has 3 nitrogen and oxygen atoms in total. The van der Waals surface area contributed by atoms with E-state index in [4.69, 9.17) is 10.6 Å². The van der Waals surface area contributed by atoms with E-state index in [1.54, 1.807) is 6.92 Å². The molecule has 54 valence electrons. The second-order valence-corrected chi connectivity index (χ2v) is 4.16. The van der Waals surface area contributed by atoms with Crippen molar-refractivity contribution in [1.82, 2.24) is 0 Å². The lowest BCUT2D eigenvalue weighted by Crippen LogP contribution is -2.37. The highest BCUT2D eigenvalue weighted by Gasteiger charge is 2.43. The molecule has 0 fully saturated rings. The molecule has 0 aromatic rings. The van der Waals surface area contributed by atoms with E-state index in [1.165, 1.54) is 0 Å². The van der Waals surface area contributed by atoms with Crippen molar-refractivity contribution < 1.29 is 9.46 Å². The van der Waals surface area contributed by atoms with E-state index in [2.05, 4.69) is 0 Å². The Morgan fingerprint density at radius 1 is 1.67 bits per heavy atom. The van der Waals surface area contributed by atoms with Crippen LogP contribution in [0.5, 0.6) is 0 Å². The Morgan fingerprint density at radius 3 is 2.00 bits per heavy atom. The van der Waals surface area contributed by atoms with Crippen LogP contribution in [0.2, 0.25) is 0 Å². The molecule has 0 spiro atoms. The van der Waals surface area contributed by atoms with E-state index in [9.17, 15) is 4.57 Å². The molecule has 0 bridgehead atoms. The van der Waals surface area contributed by atoms with Gasteiger partial charge in [0.15, 0.2) is 0 Å². The maximum absolute atomic E-state index is 10.5. The van der Waals surface area contributed by atoms with Gasteiger partial charge in [0.1, 0.15) is 0 Å². The zero-order valence-corrected chi connectivity index (χ0v) is 6.85. The zero-order chi connectivity index (χ0) is 7.65. The van der Waals surface area contributed by atoms with Crippen molar-refractivity contribution in [3.8, 4) is 0 Å². The third-order valence-corrected chi connectivity index (χ3v) is 2.92. The predicted molar refractivity (Wildman–Crippen MR) is 37.3 cm³/mol. The third-order valence-electron chi connectivity index (χ3n) is 1.58. The molecular formula is C5H13NO2P+. The van der Waals surface area contributed by atoms with Crippen LogP contribution in [0.1, 0.15) is 20.8 Å². The summed E-state index contributed by atoms with van der Waals surface area (Å²) in [6.07, 6.45) is 0. The van der Waals surface area contributed by atoms with Crippen molar-refractivity contribution >= 4 is 8.03 Å². The number of hydrogen-bond acceptors (Lipinski definition) is 2. The standard InChI is InChI=1S/C5H12NO2P/c1-4(2)5(3,6)9(7)8/h4H,6H2,1-3H3/p+1. The van der Waals surface area contributed by atoms with Gasteiger partial charge in [0.2, 0.25) is 5.28 Å². The van der Waals surface area contributed by atoms with Crippen LogP contribution in [0.15, 0.2) is 0 Å². The van der Waals surface area contributed by atoms with Gasteiger partial charge in [-0.15, -0.1) is 0 Å². The molecule has 0 radical (unpaired) electrons. The Labute approximate surface area is 56.1 Å². The topological polar surface area (TPSA) is 63.3 Å². The van der Waals surface area contributed by atoms with Crippen LogP contribution in [-0.4, -0.2) is 10.2 Å². The summed E-state index contributed by atoms with van der Waals surface area (Å²) >= 11 is 0. The summed E-state index contributed by atoms with van der Waals surface area (Å²) in [5.74, 6) is 0.0334. The summed E-state index contributed by atoms with van der Waals surface area (Å²) in [7, 11) is -2.26. The van der Waals surface area contributed by atoms with Crippen LogP contribution in [0.25, 0.3) is 0 Å². The summed E-state index contributed by atoms with van der Waals surface area (Å²) in [5.41, 5.74) is 5.47. The van der Waals surface area contributed by atoms with E-state index < -0.39 is 13.3 Å². The highest BCUT2D eigenvalue weighted by molar-refractivity contribution is 7.39. The van der Waals surface area contributed by atoms with Crippen molar-refractivity contribution in [3.63, 3.8) is 0 Å². The minimum absolute atomic E-state index is 0.0334. The first kappa shape index (κ1) is 9.02. The quantitative estimate of drug-likeness (QED) is 0.578. The molecule has 4 heteroatoms. The Morgan fingerprint density at radius 2 is 2.00 bits per heavy atom. The highest BCUT2D eigenvalue weighted by atomic mass is 31.1. The SMILES string of the molecule is CC(C)C(C)(N)[P+](=O)O. The van der Waals surface area contributed by atoms with E-state index in [0.29, 0.717) is 0 Å². The van der Waals surface area contributed by atoms with Gasteiger partial charge in [-0.25, -0.2) is 0 Å². The second kappa shape index (κ2) is 2.74. The lowest BCUT2D eigenvalue weighted by Gasteiger charge is -2.13. The van der Waals surface area contributed by atoms with E-state index in [0.717, 1.165) is 0 Å². The minimum atomic E-state index is -2.26. The molecule has 0 rings (SSSR count). The minimum Gasteiger partial charge on any atom is -0.282 e.